The fourth-order valence-electron chi connectivity index (χ4n) is 2.75. The molecule has 5 heteroatoms. The second-order valence-corrected chi connectivity index (χ2v) is 6.23. The van der Waals surface area contributed by atoms with Crippen molar-refractivity contribution in [2.45, 2.75) is 18.9 Å². The second kappa shape index (κ2) is 5.24. The van der Waals surface area contributed by atoms with Gasteiger partial charge in [0.15, 0.2) is 5.82 Å². The zero-order valence-electron chi connectivity index (χ0n) is 11.3. The summed E-state index contributed by atoms with van der Waals surface area (Å²) in [4.78, 5) is 4.54. The molecule has 2 aromatic carbocycles. The van der Waals surface area contributed by atoms with Gasteiger partial charge in [0, 0.05) is 10.0 Å². The van der Waals surface area contributed by atoms with Crippen molar-refractivity contribution in [2.75, 3.05) is 6.54 Å². The summed E-state index contributed by atoms with van der Waals surface area (Å²) in [5, 5.41) is 9.84. The van der Waals surface area contributed by atoms with Crippen molar-refractivity contribution in [3.05, 3.63) is 46.7 Å². The molecule has 1 aliphatic rings. The Morgan fingerprint density at radius 1 is 1.14 bits per heavy atom. The molecule has 106 valence electrons. The van der Waals surface area contributed by atoms with Crippen LogP contribution in [-0.2, 0) is 0 Å². The van der Waals surface area contributed by atoms with Gasteiger partial charge in [0.25, 0.3) is 5.89 Å². The highest BCUT2D eigenvalue weighted by atomic mass is 79.9. The maximum absolute atomic E-state index is 5.43. The van der Waals surface area contributed by atoms with Crippen LogP contribution in [0.3, 0.4) is 0 Å². The fourth-order valence-corrected chi connectivity index (χ4v) is 3.13. The number of nitrogens with zero attached hydrogens (tertiary/aromatic N) is 2. The van der Waals surface area contributed by atoms with Crippen molar-refractivity contribution in [2.24, 2.45) is 0 Å². The third-order valence-corrected chi connectivity index (χ3v) is 4.36. The van der Waals surface area contributed by atoms with Crippen LogP contribution in [-0.4, -0.2) is 16.7 Å². The summed E-state index contributed by atoms with van der Waals surface area (Å²) >= 11 is 3.49. The van der Waals surface area contributed by atoms with E-state index in [0.29, 0.717) is 5.89 Å². The minimum absolute atomic E-state index is 0.235. The molecule has 21 heavy (non-hydrogen) atoms. The van der Waals surface area contributed by atoms with Gasteiger partial charge in [-0.05, 0) is 54.4 Å². The molecular weight excluding hydrogens is 330 g/mol. The van der Waals surface area contributed by atoms with Crippen LogP contribution in [0.1, 0.15) is 24.7 Å². The lowest BCUT2D eigenvalue weighted by Crippen LogP contribution is -2.14. The van der Waals surface area contributed by atoms with Crippen LogP contribution >= 0.6 is 15.9 Å². The maximum atomic E-state index is 5.43. The molecule has 1 aromatic heterocycles. The second-order valence-electron chi connectivity index (χ2n) is 5.31. The SMILES string of the molecule is Brc1ccc2cc(-c3nc(C4CCCN4)no3)ccc2c1. The highest BCUT2D eigenvalue weighted by Gasteiger charge is 2.22. The highest BCUT2D eigenvalue weighted by Crippen LogP contribution is 2.27. The van der Waals surface area contributed by atoms with E-state index in [2.05, 4.69) is 55.7 Å². The van der Waals surface area contributed by atoms with Crippen LogP contribution in [0.5, 0.6) is 0 Å². The van der Waals surface area contributed by atoms with Crippen LogP contribution in [0.25, 0.3) is 22.2 Å². The van der Waals surface area contributed by atoms with Gasteiger partial charge in [-0.15, -0.1) is 0 Å². The summed E-state index contributed by atoms with van der Waals surface area (Å²) in [5.41, 5.74) is 0.960. The zero-order chi connectivity index (χ0) is 14.2. The fraction of sp³-hybridized carbons (Fsp3) is 0.250. The number of rotatable bonds is 2. The molecule has 1 saturated heterocycles. The van der Waals surface area contributed by atoms with Gasteiger partial charge in [-0.2, -0.15) is 4.98 Å². The van der Waals surface area contributed by atoms with E-state index < -0.39 is 0 Å². The Morgan fingerprint density at radius 2 is 2.00 bits per heavy atom. The van der Waals surface area contributed by atoms with Crippen molar-refractivity contribution in [1.29, 1.82) is 0 Å². The number of halogens is 1. The first-order chi connectivity index (χ1) is 10.3. The quantitative estimate of drug-likeness (QED) is 0.761. The summed E-state index contributed by atoms with van der Waals surface area (Å²) in [6.45, 7) is 1.03. The van der Waals surface area contributed by atoms with E-state index in [1.165, 1.54) is 11.8 Å². The van der Waals surface area contributed by atoms with E-state index in [-0.39, 0.29) is 6.04 Å². The summed E-state index contributed by atoms with van der Waals surface area (Å²) in [6.07, 6.45) is 2.24. The largest absolute Gasteiger partial charge is 0.334 e. The predicted octanol–water partition coefficient (Wildman–Crippen LogP) is 4.08. The molecule has 0 bridgehead atoms. The number of fused-ring (bicyclic) bond motifs is 1. The predicted molar refractivity (Wildman–Crippen MR) is 84.9 cm³/mol. The van der Waals surface area contributed by atoms with Crippen molar-refractivity contribution in [3.63, 3.8) is 0 Å². The van der Waals surface area contributed by atoms with Crippen LogP contribution in [0.15, 0.2) is 45.4 Å². The molecule has 4 nitrogen and oxygen atoms in total. The number of aromatic nitrogens is 2. The van der Waals surface area contributed by atoms with Crippen molar-refractivity contribution in [1.82, 2.24) is 15.5 Å². The van der Waals surface area contributed by atoms with Crippen LogP contribution < -0.4 is 5.32 Å². The first-order valence-electron chi connectivity index (χ1n) is 7.06. The Bertz CT molecular complexity index is 793. The lowest BCUT2D eigenvalue weighted by atomic mass is 10.1. The molecule has 0 aliphatic carbocycles. The van der Waals surface area contributed by atoms with E-state index >= 15 is 0 Å². The molecule has 0 radical (unpaired) electrons. The third-order valence-electron chi connectivity index (χ3n) is 3.86. The van der Waals surface area contributed by atoms with Crippen molar-refractivity contribution in [3.8, 4) is 11.5 Å². The van der Waals surface area contributed by atoms with Gasteiger partial charge in [-0.1, -0.05) is 33.2 Å². The van der Waals surface area contributed by atoms with Crippen molar-refractivity contribution < 1.29 is 4.52 Å². The average Bonchev–Trinajstić information content (AvgIpc) is 3.17. The van der Waals surface area contributed by atoms with Gasteiger partial charge in [-0.3, -0.25) is 0 Å². The summed E-state index contributed by atoms with van der Waals surface area (Å²) in [6, 6.07) is 12.6. The first-order valence-corrected chi connectivity index (χ1v) is 7.85. The van der Waals surface area contributed by atoms with Crippen molar-refractivity contribution >= 4 is 26.7 Å². The van der Waals surface area contributed by atoms with Gasteiger partial charge in [-0.25, -0.2) is 0 Å². The van der Waals surface area contributed by atoms with Gasteiger partial charge < -0.3 is 9.84 Å². The van der Waals surface area contributed by atoms with Gasteiger partial charge in [0.1, 0.15) is 0 Å². The van der Waals surface area contributed by atoms with E-state index in [0.717, 1.165) is 34.2 Å². The Morgan fingerprint density at radius 3 is 2.86 bits per heavy atom. The molecule has 3 aromatic rings. The normalized spacial score (nSPS) is 18.4. The van der Waals surface area contributed by atoms with E-state index in [1.54, 1.807) is 0 Å². The van der Waals surface area contributed by atoms with Gasteiger partial charge >= 0.3 is 0 Å². The Kier molecular flexibility index (Phi) is 3.24. The number of hydrogen-bond donors (Lipinski definition) is 1. The minimum Gasteiger partial charge on any atom is -0.334 e. The third kappa shape index (κ3) is 2.47. The Balaban J connectivity index is 1.71. The van der Waals surface area contributed by atoms with Crippen LogP contribution in [0, 0.1) is 0 Å². The molecule has 0 spiro atoms. The molecule has 0 amide bonds. The summed E-state index contributed by atoms with van der Waals surface area (Å²) in [7, 11) is 0. The summed E-state index contributed by atoms with van der Waals surface area (Å²) < 4.78 is 6.50. The Hall–Kier alpha value is -1.72. The highest BCUT2D eigenvalue weighted by molar-refractivity contribution is 9.10. The lowest BCUT2D eigenvalue weighted by molar-refractivity contribution is 0.412. The molecule has 4 rings (SSSR count). The van der Waals surface area contributed by atoms with Gasteiger partial charge in [0.2, 0.25) is 0 Å². The topological polar surface area (TPSA) is 51.0 Å². The molecule has 1 unspecified atom stereocenters. The zero-order valence-corrected chi connectivity index (χ0v) is 12.9. The molecule has 2 heterocycles. The number of hydrogen-bond acceptors (Lipinski definition) is 4. The maximum Gasteiger partial charge on any atom is 0.258 e. The molecule has 1 N–H and O–H groups in total. The molecule has 1 aliphatic heterocycles. The summed E-state index contributed by atoms with van der Waals surface area (Å²) in [5.74, 6) is 1.35. The molecule has 1 atom stereocenters. The Labute approximate surface area is 130 Å². The van der Waals surface area contributed by atoms with E-state index in [1.807, 2.05) is 12.1 Å². The monoisotopic (exact) mass is 343 g/mol. The van der Waals surface area contributed by atoms with E-state index in [9.17, 15) is 0 Å². The van der Waals surface area contributed by atoms with Gasteiger partial charge in [0.05, 0.1) is 6.04 Å². The smallest absolute Gasteiger partial charge is 0.258 e. The lowest BCUT2D eigenvalue weighted by Gasteiger charge is -2.02. The molecule has 0 saturated carbocycles. The standard InChI is InChI=1S/C16H14BrN3O/c17-13-6-5-10-8-12(4-3-11(10)9-13)16-19-15(20-21-16)14-2-1-7-18-14/h3-6,8-9,14,18H,1-2,7H2. The minimum atomic E-state index is 0.235. The number of benzene rings is 2. The molecular formula is C16H14BrN3O. The van der Waals surface area contributed by atoms with Crippen LogP contribution in [0.4, 0.5) is 0 Å². The van der Waals surface area contributed by atoms with E-state index in [4.69, 9.17) is 4.52 Å². The molecule has 1 fully saturated rings. The first kappa shape index (κ1) is 13.0. The van der Waals surface area contributed by atoms with Crippen LogP contribution in [0.2, 0.25) is 0 Å². The average molecular weight is 344 g/mol. The number of nitrogens with one attached hydrogen (secondary N) is 1.